The van der Waals surface area contributed by atoms with Gasteiger partial charge in [0.25, 0.3) is 11.2 Å². The molecule has 0 saturated heterocycles. The van der Waals surface area contributed by atoms with Gasteiger partial charge < -0.3 is 14.4 Å². The highest BCUT2D eigenvalue weighted by Gasteiger charge is 2.24. The fourth-order valence-corrected chi connectivity index (χ4v) is 3.73. The molecule has 4 rings (SSSR count). The number of hydrogen-bond donors (Lipinski definition) is 1. The van der Waals surface area contributed by atoms with Gasteiger partial charge in [-0.2, -0.15) is 0 Å². The highest BCUT2D eigenvalue weighted by molar-refractivity contribution is 5.98. The first-order chi connectivity index (χ1) is 16.4. The van der Waals surface area contributed by atoms with E-state index in [1.165, 1.54) is 28.8 Å². The number of fused-ring (bicyclic) bond motifs is 1. The molecule has 0 bridgehead atoms. The number of nitro groups is 1. The third-order valence-electron chi connectivity index (χ3n) is 5.35. The molecule has 2 heterocycles. The summed E-state index contributed by atoms with van der Waals surface area (Å²) >= 11 is 0. The van der Waals surface area contributed by atoms with Crippen molar-refractivity contribution in [2.24, 2.45) is 0 Å². The number of ether oxygens (including phenoxy) is 1. The molecule has 4 aromatic rings. The first-order valence-corrected chi connectivity index (χ1v) is 10.6. The zero-order valence-electron chi connectivity index (χ0n) is 18.3. The Kier molecular flexibility index (Phi) is 6.35. The summed E-state index contributed by atoms with van der Waals surface area (Å²) in [6.07, 6.45) is 2.14. The normalized spacial score (nSPS) is 10.9. The minimum absolute atomic E-state index is 0.0104. The number of pyridine rings is 2. The second-order valence-electron chi connectivity index (χ2n) is 7.63. The summed E-state index contributed by atoms with van der Waals surface area (Å²) in [6, 6.07) is 17.2. The third-order valence-corrected chi connectivity index (χ3v) is 5.35. The molecule has 172 valence electrons. The van der Waals surface area contributed by atoms with Gasteiger partial charge in [-0.1, -0.05) is 42.5 Å². The van der Waals surface area contributed by atoms with Crippen LogP contribution in [0.15, 0.2) is 71.7 Å². The molecule has 2 aromatic heterocycles. The van der Waals surface area contributed by atoms with Crippen molar-refractivity contribution >= 4 is 22.7 Å². The average Bonchev–Trinajstić information content (AvgIpc) is 2.83. The molecular weight excluding hydrogens is 438 g/mol. The van der Waals surface area contributed by atoms with Crippen molar-refractivity contribution in [2.45, 2.75) is 19.9 Å². The number of carbonyl (C=O) groups is 1. The van der Waals surface area contributed by atoms with Crippen LogP contribution in [-0.4, -0.2) is 32.2 Å². The van der Waals surface area contributed by atoms with Crippen LogP contribution < -0.4 is 5.56 Å². The van der Waals surface area contributed by atoms with Gasteiger partial charge in [-0.3, -0.25) is 19.9 Å². The Labute approximate surface area is 194 Å². The fourth-order valence-electron chi connectivity index (χ4n) is 3.73. The van der Waals surface area contributed by atoms with Crippen LogP contribution in [0.25, 0.3) is 11.0 Å². The lowest BCUT2D eigenvalue weighted by atomic mass is 10.1. The Morgan fingerprint density at radius 3 is 2.44 bits per heavy atom. The van der Waals surface area contributed by atoms with E-state index in [4.69, 9.17) is 4.74 Å². The number of aromatic hydroxyl groups is 1. The summed E-state index contributed by atoms with van der Waals surface area (Å²) in [6.45, 7) is 1.64. The number of aromatic nitrogens is 2. The number of carbonyl (C=O) groups excluding carboxylic acids is 1. The second kappa shape index (κ2) is 9.53. The molecule has 1 N–H and O–H groups in total. The first-order valence-electron chi connectivity index (χ1n) is 10.6. The lowest BCUT2D eigenvalue weighted by molar-refractivity contribution is -0.384. The van der Waals surface area contributed by atoms with Crippen LogP contribution in [0.3, 0.4) is 0 Å². The highest BCUT2D eigenvalue weighted by atomic mass is 16.6. The molecule has 0 aliphatic rings. The smallest absolute Gasteiger partial charge is 0.347 e. The molecule has 34 heavy (non-hydrogen) atoms. The number of nitrogens with zero attached hydrogens (tertiary/aromatic N) is 3. The summed E-state index contributed by atoms with van der Waals surface area (Å²) in [4.78, 5) is 40.6. The summed E-state index contributed by atoms with van der Waals surface area (Å²) in [5.41, 5.74) is 1.55. The van der Waals surface area contributed by atoms with Crippen LogP contribution in [0.2, 0.25) is 0 Å². The maximum atomic E-state index is 13.3. The van der Waals surface area contributed by atoms with E-state index in [0.29, 0.717) is 17.5 Å². The van der Waals surface area contributed by atoms with Crippen molar-refractivity contribution in [1.82, 2.24) is 9.55 Å². The lowest BCUT2D eigenvalue weighted by Crippen LogP contribution is -2.28. The molecule has 0 radical (unpaired) electrons. The number of rotatable bonds is 7. The number of esters is 1. The topological polar surface area (TPSA) is 125 Å². The van der Waals surface area contributed by atoms with Gasteiger partial charge in [0.2, 0.25) is 0 Å². The zero-order valence-corrected chi connectivity index (χ0v) is 18.3. The predicted octanol–water partition coefficient (Wildman–Crippen LogP) is 3.83. The van der Waals surface area contributed by atoms with Gasteiger partial charge in [0.15, 0.2) is 11.3 Å². The molecule has 0 saturated carbocycles. The van der Waals surface area contributed by atoms with Crippen molar-refractivity contribution in [3.05, 3.63) is 110 Å². The third kappa shape index (κ3) is 4.49. The summed E-state index contributed by atoms with van der Waals surface area (Å²) < 4.78 is 6.30. The molecular formula is C25H21N3O6. The van der Waals surface area contributed by atoms with Crippen LogP contribution in [-0.2, 0) is 17.7 Å². The summed E-state index contributed by atoms with van der Waals surface area (Å²) in [5.74, 6) is -1.48. The van der Waals surface area contributed by atoms with E-state index in [1.54, 1.807) is 19.2 Å². The molecule has 0 spiro atoms. The van der Waals surface area contributed by atoms with Crippen molar-refractivity contribution < 1.29 is 19.6 Å². The summed E-state index contributed by atoms with van der Waals surface area (Å²) in [5, 5.41) is 21.7. The maximum absolute atomic E-state index is 13.3. The SMILES string of the molecule is CCOC(=O)c1c(O)c2ncc(Cc3ccccc3)cc2n(Cc2ccc([N+](=O)[O-])cc2)c1=O. The minimum Gasteiger partial charge on any atom is -0.505 e. The molecule has 9 heteroatoms. The highest BCUT2D eigenvalue weighted by Crippen LogP contribution is 2.27. The average molecular weight is 459 g/mol. The van der Waals surface area contributed by atoms with Gasteiger partial charge in [-0.25, -0.2) is 4.79 Å². The van der Waals surface area contributed by atoms with Gasteiger partial charge in [-0.15, -0.1) is 0 Å². The number of non-ortho nitro benzene ring substituents is 1. The van der Waals surface area contributed by atoms with Crippen molar-refractivity contribution in [3.8, 4) is 5.75 Å². The monoisotopic (exact) mass is 459 g/mol. The molecule has 0 fully saturated rings. The van der Waals surface area contributed by atoms with Crippen molar-refractivity contribution in [1.29, 1.82) is 0 Å². The van der Waals surface area contributed by atoms with Crippen LogP contribution in [0, 0.1) is 10.1 Å². The number of benzene rings is 2. The lowest BCUT2D eigenvalue weighted by Gasteiger charge is -2.15. The number of nitro benzene ring substituents is 1. The van der Waals surface area contributed by atoms with Crippen LogP contribution in [0.1, 0.15) is 34.0 Å². The maximum Gasteiger partial charge on any atom is 0.347 e. The molecule has 0 amide bonds. The van der Waals surface area contributed by atoms with Crippen molar-refractivity contribution in [2.75, 3.05) is 6.61 Å². The molecule has 0 unspecified atom stereocenters. The summed E-state index contributed by atoms with van der Waals surface area (Å²) in [7, 11) is 0. The Balaban J connectivity index is 1.87. The Hall–Kier alpha value is -4.53. The van der Waals surface area contributed by atoms with E-state index in [2.05, 4.69) is 4.98 Å². The van der Waals surface area contributed by atoms with Gasteiger partial charge in [0.1, 0.15) is 5.52 Å². The van der Waals surface area contributed by atoms with Gasteiger partial charge >= 0.3 is 5.97 Å². The van der Waals surface area contributed by atoms with Crippen LogP contribution >= 0.6 is 0 Å². The molecule has 9 nitrogen and oxygen atoms in total. The van der Waals surface area contributed by atoms with E-state index in [0.717, 1.165) is 11.1 Å². The van der Waals surface area contributed by atoms with E-state index in [-0.39, 0.29) is 24.4 Å². The zero-order chi connectivity index (χ0) is 24.2. The van der Waals surface area contributed by atoms with E-state index < -0.39 is 27.8 Å². The predicted molar refractivity (Wildman–Crippen MR) is 125 cm³/mol. The van der Waals surface area contributed by atoms with E-state index in [1.807, 2.05) is 30.3 Å². The molecule has 0 aliphatic carbocycles. The largest absolute Gasteiger partial charge is 0.505 e. The minimum atomic E-state index is -0.945. The molecule has 0 aliphatic heterocycles. The van der Waals surface area contributed by atoms with Crippen molar-refractivity contribution in [3.63, 3.8) is 0 Å². The first kappa shape index (κ1) is 22.7. The Morgan fingerprint density at radius 2 is 1.79 bits per heavy atom. The molecule has 0 atom stereocenters. The molecule has 2 aromatic carbocycles. The van der Waals surface area contributed by atoms with E-state index in [9.17, 15) is 24.8 Å². The Morgan fingerprint density at radius 1 is 1.09 bits per heavy atom. The number of hydrogen-bond acceptors (Lipinski definition) is 7. The second-order valence-corrected chi connectivity index (χ2v) is 7.63. The van der Waals surface area contributed by atoms with Crippen LogP contribution in [0.5, 0.6) is 5.75 Å². The fraction of sp³-hybridized carbons (Fsp3) is 0.160. The van der Waals surface area contributed by atoms with Gasteiger partial charge in [0, 0.05) is 18.3 Å². The van der Waals surface area contributed by atoms with Gasteiger partial charge in [-0.05, 0) is 36.1 Å². The van der Waals surface area contributed by atoms with Crippen LogP contribution in [0.4, 0.5) is 5.69 Å². The Bertz CT molecular complexity index is 1430. The van der Waals surface area contributed by atoms with Gasteiger partial charge in [0.05, 0.1) is 23.6 Å². The standard InChI is InChI=1S/C25H21N3O6/c1-2-34-25(31)21-23(29)22-20(13-18(14-26-22)12-16-6-4-3-5-7-16)27(24(21)30)15-17-8-10-19(11-9-17)28(32)33/h3-11,13-14,29H,2,12,15H2,1H3. The van der Waals surface area contributed by atoms with E-state index >= 15 is 0 Å². The quantitative estimate of drug-likeness (QED) is 0.253.